The Balaban J connectivity index is 0.000000671. The Hall–Kier alpha value is -1.05. The van der Waals surface area contributed by atoms with Gasteiger partial charge in [-0.25, -0.2) is 0 Å². The second-order valence-corrected chi connectivity index (χ2v) is 2.59. The highest BCUT2D eigenvalue weighted by atomic mass is 14.8. The van der Waals surface area contributed by atoms with Gasteiger partial charge in [-0.3, -0.25) is 4.98 Å². The Bertz CT molecular complexity index is 222. The minimum atomic E-state index is 0.996. The average Bonchev–Trinajstić information content (AvgIpc) is 2.20. The number of hydrogen-bond donors (Lipinski definition) is 1. The normalized spacial score (nSPS) is 8.69. The fraction of sp³-hybridized carbons (Fsp3) is 0.545. The minimum absolute atomic E-state index is 0.996. The number of nitrogens with one attached hydrogen (secondary N) is 1. The first-order chi connectivity index (χ1) is 6.26. The van der Waals surface area contributed by atoms with E-state index in [1.807, 2.05) is 33.9 Å². The van der Waals surface area contributed by atoms with Gasteiger partial charge in [0.25, 0.3) is 0 Å². The largest absolute Gasteiger partial charge is 0.388 e. The van der Waals surface area contributed by atoms with Gasteiger partial charge >= 0.3 is 0 Å². The van der Waals surface area contributed by atoms with Crippen LogP contribution >= 0.6 is 0 Å². The van der Waals surface area contributed by atoms with Crippen LogP contribution in [-0.4, -0.2) is 12.0 Å². The van der Waals surface area contributed by atoms with Crippen LogP contribution < -0.4 is 5.32 Å². The van der Waals surface area contributed by atoms with Gasteiger partial charge in [-0.15, -0.1) is 0 Å². The first kappa shape index (κ1) is 11.9. The molecule has 0 saturated heterocycles. The van der Waals surface area contributed by atoms with Crippen molar-refractivity contribution in [3.05, 3.63) is 23.5 Å². The van der Waals surface area contributed by atoms with Crippen LogP contribution in [0.3, 0.4) is 0 Å². The zero-order chi connectivity index (χ0) is 10.3. The molecule has 74 valence electrons. The highest BCUT2D eigenvalue weighted by Crippen LogP contribution is 2.10. The summed E-state index contributed by atoms with van der Waals surface area (Å²) >= 11 is 0. The first-order valence-corrected chi connectivity index (χ1v) is 4.91. The van der Waals surface area contributed by atoms with Gasteiger partial charge in [-0.05, 0) is 25.5 Å². The highest BCUT2D eigenvalue weighted by molar-refractivity contribution is 5.44. The molecule has 0 spiro atoms. The highest BCUT2D eigenvalue weighted by Gasteiger charge is 1.95. The number of anilines is 1. The summed E-state index contributed by atoms with van der Waals surface area (Å²) in [6.45, 7) is 8.13. The van der Waals surface area contributed by atoms with Crippen molar-refractivity contribution in [2.75, 3.05) is 12.4 Å². The maximum Gasteiger partial charge on any atom is 0.0424 e. The molecule has 0 aliphatic rings. The topological polar surface area (TPSA) is 24.9 Å². The van der Waals surface area contributed by atoms with Crippen LogP contribution in [-0.2, 0) is 6.42 Å². The molecule has 0 unspecified atom stereocenters. The molecular weight excluding hydrogens is 160 g/mol. The summed E-state index contributed by atoms with van der Waals surface area (Å²) in [6, 6.07) is 4.12. The molecule has 1 aromatic rings. The lowest BCUT2D eigenvalue weighted by Crippen LogP contribution is -1.94. The fourth-order valence-electron chi connectivity index (χ4n) is 1.06. The van der Waals surface area contributed by atoms with E-state index in [0.29, 0.717) is 0 Å². The van der Waals surface area contributed by atoms with E-state index in [0.717, 1.165) is 23.5 Å². The third-order valence-electron chi connectivity index (χ3n) is 1.66. The lowest BCUT2D eigenvalue weighted by molar-refractivity contribution is 1.01. The summed E-state index contributed by atoms with van der Waals surface area (Å²) in [7, 11) is 1.92. The molecule has 0 aliphatic heterocycles. The molecule has 0 saturated carbocycles. The molecule has 0 aliphatic carbocycles. The minimum Gasteiger partial charge on any atom is -0.388 e. The maximum atomic E-state index is 4.36. The van der Waals surface area contributed by atoms with Gasteiger partial charge in [0.1, 0.15) is 0 Å². The van der Waals surface area contributed by atoms with Crippen LogP contribution in [0.15, 0.2) is 12.1 Å². The molecule has 0 radical (unpaired) electrons. The molecule has 13 heavy (non-hydrogen) atoms. The molecule has 1 aromatic heterocycles. The lowest BCUT2D eigenvalue weighted by atomic mass is 10.2. The number of hydrogen-bond acceptors (Lipinski definition) is 2. The van der Waals surface area contributed by atoms with E-state index >= 15 is 0 Å². The molecule has 2 heteroatoms. The molecule has 1 rings (SSSR count). The van der Waals surface area contributed by atoms with Crippen LogP contribution in [0.5, 0.6) is 0 Å². The van der Waals surface area contributed by atoms with Gasteiger partial charge < -0.3 is 5.32 Å². The van der Waals surface area contributed by atoms with Crippen LogP contribution in [0.4, 0.5) is 5.69 Å². The third kappa shape index (κ3) is 3.92. The number of nitrogens with zero attached hydrogens (tertiary/aromatic N) is 1. The zero-order valence-electron chi connectivity index (χ0n) is 9.31. The molecule has 1 N–H and O–H groups in total. The smallest absolute Gasteiger partial charge is 0.0424 e. The predicted molar refractivity (Wildman–Crippen MR) is 59.2 cm³/mol. The Morgan fingerprint density at radius 2 is 1.92 bits per heavy atom. The molecule has 2 nitrogen and oxygen atoms in total. The van der Waals surface area contributed by atoms with Crippen molar-refractivity contribution in [1.29, 1.82) is 0 Å². The van der Waals surface area contributed by atoms with Crippen molar-refractivity contribution < 1.29 is 0 Å². The zero-order valence-corrected chi connectivity index (χ0v) is 9.31. The van der Waals surface area contributed by atoms with Gasteiger partial charge in [-0.2, -0.15) is 0 Å². The Morgan fingerprint density at radius 1 is 1.31 bits per heavy atom. The molecule has 0 fully saturated rings. The van der Waals surface area contributed by atoms with Crippen LogP contribution in [0, 0.1) is 6.92 Å². The van der Waals surface area contributed by atoms with E-state index in [-0.39, 0.29) is 0 Å². The second-order valence-electron chi connectivity index (χ2n) is 2.59. The Labute approximate surface area is 81.4 Å². The van der Waals surface area contributed by atoms with Crippen molar-refractivity contribution in [3.63, 3.8) is 0 Å². The average molecular weight is 180 g/mol. The molecule has 0 aromatic carbocycles. The standard InChI is InChI=1S/C9H14N2.C2H6/c1-4-8-6-9(10-3)5-7(2)11-8;1-2/h5-6H,4H2,1-3H3,(H,10,11);1-2H3. The molecule has 0 amide bonds. The Kier molecular flexibility index (Phi) is 5.94. The van der Waals surface area contributed by atoms with E-state index < -0.39 is 0 Å². The van der Waals surface area contributed by atoms with Crippen LogP contribution in [0.25, 0.3) is 0 Å². The second kappa shape index (κ2) is 6.46. The van der Waals surface area contributed by atoms with Gasteiger partial charge in [0, 0.05) is 24.1 Å². The van der Waals surface area contributed by atoms with Crippen molar-refractivity contribution in [2.45, 2.75) is 34.1 Å². The number of pyridine rings is 1. The van der Waals surface area contributed by atoms with Crippen LogP contribution in [0.1, 0.15) is 32.2 Å². The van der Waals surface area contributed by atoms with Crippen molar-refractivity contribution in [2.24, 2.45) is 0 Å². The summed E-state index contributed by atoms with van der Waals surface area (Å²) in [4.78, 5) is 4.36. The quantitative estimate of drug-likeness (QED) is 0.756. The van der Waals surface area contributed by atoms with E-state index in [2.05, 4.69) is 23.3 Å². The van der Waals surface area contributed by atoms with E-state index in [4.69, 9.17) is 0 Å². The summed E-state index contributed by atoms with van der Waals surface area (Å²) in [5, 5.41) is 3.10. The van der Waals surface area contributed by atoms with Crippen molar-refractivity contribution >= 4 is 5.69 Å². The first-order valence-electron chi connectivity index (χ1n) is 4.91. The predicted octanol–water partition coefficient (Wildman–Crippen LogP) is 3.02. The summed E-state index contributed by atoms with van der Waals surface area (Å²) in [5.74, 6) is 0. The Morgan fingerprint density at radius 3 is 2.38 bits per heavy atom. The summed E-state index contributed by atoms with van der Waals surface area (Å²) in [6.07, 6.45) is 0.996. The summed E-state index contributed by atoms with van der Waals surface area (Å²) < 4.78 is 0. The number of rotatable bonds is 2. The van der Waals surface area contributed by atoms with E-state index in [9.17, 15) is 0 Å². The van der Waals surface area contributed by atoms with Crippen molar-refractivity contribution in [1.82, 2.24) is 4.98 Å². The SMILES string of the molecule is CC.CCc1cc(NC)cc(C)n1. The maximum absolute atomic E-state index is 4.36. The molecule has 0 bridgehead atoms. The number of aryl methyl sites for hydroxylation is 2. The third-order valence-corrected chi connectivity index (χ3v) is 1.66. The molecular formula is C11H20N2. The van der Waals surface area contributed by atoms with Gasteiger partial charge in [-0.1, -0.05) is 20.8 Å². The van der Waals surface area contributed by atoms with E-state index in [1.165, 1.54) is 0 Å². The van der Waals surface area contributed by atoms with Gasteiger partial charge in [0.15, 0.2) is 0 Å². The summed E-state index contributed by atoms with van der Waals surface area (Å²) in [5.41, 5.74) is 3.37. The van der Waals surface area contributed by atoms with Crippen molar-refractivity contribution in [3.8, 4) is 0 Å². The lowest BCUT2D eigenvalue weighted by Gasteiger charge is -2.03. The molecule has 1 heterocycles. The van der Waals surface area contributed by atoms with Crippen LogP contribution in [0.2, 0.25) is 0 Å². The van der Waals surface area contributed by atoms with E-state index in [1.54, 1.807) is 0 Å². The fourth-order valence-corrected chi connectivity index (χ4v) is 1.06. The van der Waals surface area contributed by atoms with Gasteiger partial charge in [0.2, 0.25) is 0 Å². The molecule has 0 atom stereocenters. The monoisotopic (exact) mass is 180 g/mol. The van der Waals surface area contributed by atoms with Gasteiger partial charge in [0.05, 0.1) is 0 Å². The number of aromatic nitrogens is 1.